The van der Waals surface area contributed by atoms with E-state index in [0.29, 0.717) is 23.8 Å². The predicted molar refractivity (Wildman–Crippen MR) is 109 cm³/mol. The Balaban J connectivity index is 1.86. The fraction of sp³-hybridized carbons (Fsp3) is 0.286. The Kier molecular flexibility index (Phi) is 5.37. The second-order valence-corrected chi connectivity index (χ2v) is 8.70. The maximum Gasteiger partial charge on any atom is 0.262 e. The summed E-state index contributed by atoms with van der Waals surface area (Å²) >= 11 is 0. The van der Waals surface area contributed by atoms with Crippen LogP contribution in [-0.4, -0.2) is 18.2 Å². The highest BCUT2D eigenvalue weighted by atomic mass is 32.2. The third kappa shape index (κ3) is 4.22. The molecular weight excluding hydrogens is 358 g/mol. The average molecular weight is 384 g/mol. The first-order chi connectivity index (χ1) is 12.8. The molecule has 0 saturated heterocycles. The van der Waals surface area contributed by atoms with Crippen LogP contribution in [0.2, 0.25) is 0 Å². The molecule has 0 amide bonds. The van der Waals surface area contributed by atoms with Gasteiger partial charge in [-0.15, -0.1) is 0 Å². The van der Waals surface area contributed by atoms with E-state index in [-0.39, 0.29) is 4.90 Å². The van der Waals surface area contributed by atoms with Gasteiger partial charge in [0, 0.05) is 0 Å². The van der Waals surface area contributed by atoms with Crippen molar-refractivity contribution in [1.82, 2.24) is 9.78 Å². The van der Waals surface area contributed by atoms with E-state index in [1.54, 1.807) is 12.1 Å². The minimum Gasteiger partial charge on any atom is -0.276 e. The van der Waals surface area contributed by atoms with Crippen LogP contribution >= 0.6 is 0 Å². The standard InChI is InChI=1S/C21H25N3O2S/c1-15(2)19-10-12-20(13-11-19)27(25,26)23-21-16(3)22-24(17(21)4)14-18-8-6-5-7-9-18/h5-13,15,23H,14H2,1-4H3. The minimum atomic E-state index is -3.66. The summed E-state index contributed by atoms with van der Waals surface area (Å²) in [6, 6.07) is 17.0. The third-order valence-electron chi connectivity index (χ3n) is 4.65. The number of nitrogens with zero attached hydrogens (tertiary/aromatic N) is 2. The Hall–Kier alpha value is -2.60. The Morgan fingerprint density at radius 3 is 2.22 bits per heavy atom. The monoisotopic (exact) mass is 383 g/mol. The number of benzene rings is 2. The first-order valence-electron chi connectivity index (χ1n) is 8.98. The lowest BCUT2D eigenvalue weighted by atomic mass is 10.0. The Bertz CT molecular complexity index is 1020. The van der Waals surface area contributed by atoms with Gasteiger partial charge in [0.25, 0.3) is 10.0 Å². The van der Waals surface area contributed by atoms with Crippen molar-refractivity contribution in [3.63, 3.8) is 0 Å². The molecule has 2 aromatic carbocycles. The fourth-order valence-corrected chi connectivity index (χ4v) is 4.16. The van der Waals surface area contributed by atoms with Crippen molar-refractivity contribution in [3.8, 4) is 0 Å². The molecule has 0 saturated carbocycles. The molecule has 6 heteroatoms. The van der Waals surface area contributed by atoms with Gasteiger partial charge < -0.3 is 0 Å². The van der Waals surface area contributed by atoms with E-state index in [1.165, 1.54) is 0 Å². The van der Waals surface area contributed by atoms with Crippen LogP contribution in [0.1, 0.15) is 42.3 Å². The minimum absolute atomic E-state index is 0.251. The molecule has 0 aliphatic rings. The molecule has 0 aliphatic heterocycles. The highest BCUT2D eigenvalue weighted by Gasteiger charge is 2.20. The summed E-state index contributed by atoms with van der Waals surface area (Å²) in [7, 11) is -3.66. The zero-order chi connectivity index (χ0) is 19.6. The van der Waals surface area contributed by atoms with Crippen molar-refractivity contribution in [2.75, 3.05) is 4.72 Å². The van der Waals surface area contributed by atoms with Gasteiger partial charge >= 0.3 is 0 Å². The third-order valence-corrected chi connectivity index (χ3v) is 6.02. The van der Waals surface area contributed by atoms with E-state index in [4.69, 9.17) is 0 Å². The van der Waals surface area contributed by atoms with Crippen molar-refractivity contribution in [1.29, 1.82) is 0 Å². The zero-order valence-corrected chi connectivity index (χ0v) is 16.9. The molecule has 0 spiro atoms. The van der Waals surface area contributed by atoms with Gasteiger partial charge in [0.1, 0.15) is 0 Å². The molecule has 0 fully saturated rings. The van der Waals surface area contributed by atoms with Gasteiger partial charge in [0.15, 0.2) is 0 Å². The first-order valence-corrected chi connectivity index (χ1v) is 10.5. The Morgan fingerprint density at radius 1 is 1.00 bits per heavy atom. The molecule has 1 aromatic heterocycles. The number of sulfonamides is 1. The van der Waals surface area contributed by atoms with Crippen LogP contribution in [0.15, 0.2) is 59.5 Å². The van der Waals surface area contributed by atoms with Crippen LogP contribution in [-0.2, 0) is 16.6 Å². The molecule has 1 N–H and O–H groups in total. The number of nitrogens with one attached hydrogen (secondary N) is 1. The van der Waals surface area contributed by atoms with E-state index in [2.05, 4.69) is 23.7 Å². The van der Waals surface area contributed by atoms with Crippen molar-refractivity contribution < 1.29 is 8.42 Å². The van der Waals surface area contributed by atoms with Crippen LogP contribution in [0.5, 0.6) is 0 Å². The summed E-state index contributed by atoms with van der Waals surface area (Å²) < 4.78 is 30.2. The number of anilines is 1. The number of aromatic nitrogens is 2. The maximum atomic E-state index is 12.8. The van der Waals surface area contributed by atoms with Crippen molar-refractivity contribution >= 4 is 15.7 Å². The number of hydrogen-bond acceptors (Lipinski definition) is 3. The molecule has 142 valence electrons. The number of rotatable bonds is 6. The van der Waals surface area contributed by atoms with E-state index in [0.717, 1.165) is 16.8 Å². The Labute approximate surface area is 161 Å². The molecule has 27 heavy (non-hydrogen) atoms. The summed E-state index contributed by atoms with van der Waals surface area (Å²) in [6.45, 7) is 8.44. The zero-order valence-electron chi connectivity index (χ0n) is 16.1. The van der Waals surface area contributed by atoms with Gasteiger partial charge in [0.05, 0.1) is 28.5 Å². The summed E-state index contributed by atoms with van der Waals surface area (Å²) in [4.78, 5) is 0.251. The fourth-order valence-electron chi connectivity index (χ4n) is 2.98. The van der Waals surface area contributed by atoms with E-state index in [1.807, 2.05) is 61.0 Å². The van der Waals surface area contributed by atoms with Gasteiger partial charge in [-0.3, -0.25) is 9.40 Å². The number of hydrogen-bond donors (Lipinski definition) is 1. The summed E-state index contributed by atoms with van der Waals surface area (Å²) in [5.41, 5.74) is 4.21. The largest absolute Gasteiger partial charge is 0.276 e. The first kappa shape index (κ1) is 19.2. The average Bonchev–Trinajstić information content (AvgIpc) is 2.90. The molecule has 0 atom stereocenters. The van der Waals surface area contributed by atoms with Crippen LogP contribution in [0.4, 0.5) is 5.69 Å². The summed E-state index contributed by atoms with van der Waals surface area (Å²) in [5.74, 6) is 0.357. The summed E-state index contributed by atoms with van der Waals surface area (Å²) in [6.07, 6.45) is 0. The van der Waals surface area contributed by atoms with Gasteiger partial charge in [-0.2, -0.15) is 5.10 Å². The molecule has 1 heterocycles. The molecule has 0 unspecified atom stereocenters. The van der Waals surface area contributed by atoms with Crippen LogP contribution in [0.3, 0.4) is 0 Å². The lowest BCUT2D eigenvalue weighted by Crippen LogP contribution is -2.14. The van der Waals surface area contributed by atoms with E-state index < -0.39 is 10.0 Å². The second kappa shape index (κ2) is 7.56. The Morgan fingerprint density at radius 2 is 1.63 bits per heavy atom. The lowest BCUT2D eigenvalue weighted by Gasteiger charge is -2.11. The van der Waals surface area contributed by atoms with Crippen LogP contribution in [0, 0.1) is 13.8 Å². The summed E-state index contributed by atoms with van der Waals surface area (Å²) in [5, 5.41) is 4.51. The smallest absolute Gasteiger partial charge is 0.262 e. The quantitative estimate of drug-likeness (QED) is 0.683. The molecule has 3 aromatic rings. The molecular formula is C21H25N3O2S. The molecule has 3 rings (SSSR count). The van der Waals surface area contributed by atoms with Gasteiger partial charge in [-0.25, -0.2) is 8.42 Å². The van der Waals surface area contributed by atoms with Crippen LogP contribution < -0.4 is 4.72 Å². The van der Waals surface area contributed by atoms with Crippen LogP contribution in [0.25, 0.3) is 0 Å². The SMILES string of the molecule is Cc1nn(Cc2ccccc2)c(C)c1NS(=O)(=O)c1ccc(C(C)C)cc1. The van der Waals surface area contributed by atoms with E-state index in [9.17, 15) is 8.42 Å². The lowest BCUT2D eigenvalue weighted by molar-refractivity contribution is 0.601. The molecule has 0 bridgehead atoms. The van der Waals surface area contributed by atoms with E-state index >= 15 is 0 Å². The van der Waals surface area contributed by atoms with Gasteiger partial charge in [-0.05, 0) is 43.0 Å². The normalized spacial score (nSPS) is 11.7. The number of aryl methyl sites for hydroxylation is 1. The predicted octanol–water partition coefficient (Wildman–Crippen LogP) is 4.47. The van der Waals surface area contributed by atoms with Crippen molar-refractivity contribution in [2.24, 2.45) is 0 Å². The topological polar surface area (TPSA) is 64.0 Å². The van der Waals surface area contributed by atoms with Crippen molar-refractivity contribution in [3.05, 3.63) is 77.1 Å². The van der Waals surface area contributed by atoms with Gasteiger partial charge in [0.2, 0.25) is 0 Å². The van der Waals surface area contributed by atoms with Crippen molar-refractivity contribution in [2.45, 2.75) is 45.1 Å². The second-order valence-electron chi connectivity index (χ2n) is 7.02. The molecule has 0 aliphatic carbocycles. The highest BCUT2D eigenvalue weighted by molar-refractivity contribution is 7.92. The maximum absolute atomic E-state index is 12.8. The highest BCUT2D eigenvalue weighted by Crippen LogP contribution is 2.25. The molecule has 0 radical (unpaired) electrons. The van der Waals surface area contributed by atoms with Gasteiger partial charge in [-0.1, -0.05) is 56.3 Å². The molecule has 5 nitrogen and oxygen atoms in total.